The molecule has 6 nitrogen and oxygen atoms in total. The van der Waals surface area contributed by atoms with Gasteiger partial charge in [-0.1, -0.05) is 24.3 Å². The molecule has 0 spiro atoms. The average molecular weight is 395 g/mol. The van der Waals surface area contributed by atoms with Gasteiger partial charge >= 0.3 is 6.43 Å². The zero-order valence-corrected chi connectivity index (χ0v) is 14.8. The third-order valence-corrected chi connectivity index (χ3v) is 4.76. The molecule has 3 rings (SSSR count). The summed E-state index contributed by atoms with van der Waals surface area (Å²) < 4.78 is 39.4. The molecule has 0 saturated carbocycles. The van der Waals surface area contributed by atoms with Crippen molar-refractivity contribution in [1.82, 2.24) is 15.2 Å². The Bertz CT molecular complexity index is 882. The highest BCUT2D eigenvalue weighted by Crippen LogP contribution is 2.23. The Morgan fingerprint density at radius 2 is 1.89 bits per heavy atom. The molecule has 0 unspecified atom stereocenters. The van der Waals surface area contributed by atoms with Crippen molar-refractivity contribution < 1.29 is 23.1 Å². The number of amides is 1. The van der Waals surface area contributed by atoms with Crippen molar-refractivity contribution in [2.75, 3.05) is 19.8 Å². The van der Waals surface area contributed by atoms with Gasteiger partial charge in [-0.3, -0.25) is 9.59 Å². The van der Waals surface area contributed by atoms with Gasteiger partial charge in [0.15, 0.2) is 0 Å². The van der Waals surface area contributed by atoms with Crippen molar-refractivity contribution in [1.29, 1.82) is 0 Å². The molecule has 1 fully saturated rings. The lowest BCUT2D eigenvalue weighted by Crippen LogP contribution is -2.46. The lowest BCUT2D eigenvalue weighted by atomic mass is 9.99. The summed E-state index contributed by atoms with van der Waals surface area (Å²) in [6, 6.07) is 8.25. The SMILES string of the molecule is O=C(N[C@H](CF)[C@H](O)c1ccc(-c2ccn(C3CNC3)c(=O)c2)cc1)C(F)F. The first-order valence-corrected chi connectivity index (χ1v) is 8.76. The van der Waals surface area contributed by atoms with Crippen molar-refractivity contribution >= 4 is 5.91 Å². The van der Waals surface area contributed by atoms with Gasteiger partial charge in [0.1, 0.15) is 12.8 Å². The first-order chi connectivity index (χ1) is 13.4. The fourth-order valence-corrected chi connectivity index (χ4v) is 2.99. The second-order valence-electron chi connectivity index (χ2n) is 6.61. The quantitative estimate of drug-likeness (QED) is 0.662. The number of aromatic nitrogens is 1. The van der Waals surface area contributed by atoms with Crippen LogP contribution in [-0.2, 0) is 4.79 Å². The van der Waals surface area contributed by atoms with Crippen LogP contribution in [0.4, 0.5) is 13.2 Å². The van der Waals surface area contributed by atoms with Gasteiger partial charge in [0, 0.05) is 25.4 Å². The molecule has 1 aliphatic rings. The molecule has 0 radical (unpaired) electrons. The smallest absolute Gasteiger partial charge is 0.315 e. The molecule has 1 amide bonds. The average Bonchev–Trinajstić information content (AvgIpc) is 2.65. The van der Waals surface area contributed by atoms with Crippen molar-refractivity contribution in [3.8, 4) is 11.1 Å². The van der Waals surface area contributed by atoms with Crippen LogP contribution in [0.25, 0.3) is 11.1 Å². The van der Waals surface area contributed by atoms with Crippen LogP contribution in [0.2, 0.25) is 0 Å². The van der Waals surface area contributed by atoms with E-state index in [2.05, 4.69) is 5.32 Å². The molecule has 0 bridgehead atoms. The summed E-state index contributed by atoms with van der Waals surface area (Å²) in [5.74, 6) is -1.64. The Morgan fingerprint density at radius 3 is 2.39 bits per heavy atom. The standard InChI is InChI=1S/C19H20F3N3O3/c20-8-15(24-19(28)18(21)22)17(27)12-3-1-11(2-4-12)13-5-6-25(16(26)7-13)14-9-23-10-14/h1-7,14-15,17-18,23,27H,8-10H2,(H,24,28)/t15-,17-/m1/s1. The number of nitrogens with zero attached hydrogens (tertiary/aromatic N) is 1. The number of hydrogen-bond donors (Lipinski definition) is 3. The number of alkyl halides is 3. The minimum absolute atomic E-state index is 0.125. The monoisotopic (exact) mass is 395 g/mol. The highest BCUT2D eigenvalue weighted by molar-refractivity contribution is 5.79. The largest absolute Gasteiger partial charge is 0.386 e. The number of hydrogen-bond acceptors (Lipinski definition) is 4. The van der Waals surface area contributed by atoms with Gasteiger partial charge in [0.25, 0.3) is 11.5 Å². The van der Waals surface area contributed by atoms with E-state index in [9.17, 15) is 27.9 Å². The molecule has 9 heteroatoms. The second-order valence-corrected chi connectivity index (χ2v) is 6.61. The Hall–Kier alpha value is -2.65. The number of halogens is 3. The lowest BCUT2D eigenvalue weighted by Gasteiger charge is -2.29. The summed E-state index contributed by atoms with van der Waals surface area (Å²) >= 11 is 0. The van der Waals surface area contributed by atoms with E-state index < -0.39 is 31.2 Å². The third kappa shape index (κ3) is 4.26. The van der Waals surface area contributed by atoms with Crippen molar-refractivity contribution in [2.45, 2.75) is 24.6 Å². The number of carbonyl (C=O) groups excluding carboxylic acids is 1. The second kappa shape index (κ2) is 8.57. The topological polar surface area (TPSA) is 83.4 Å². The van der Waals surface area contributed by atoms with Gasteiger partial charge < -0.3 is 20.3 Å². The molecule has 1 aromatic carbocycles. The van der Waals surface area contributed by atoms with Crippen molar-refractivity contribution in [2.24, 2.45) is 0 Å². The minimum atomic E-state index is -3.29. The van der Waals surface area contributed by atoms with Gasteiger partial charge in [0.2, 0.25) is 0 Å². The number of benzene rings is 1. The van der Waals surface area contributed by atoms with Crippen LogP contribution < -0.4 is 16.2 Å². The molecule has 1 aliphatic heterocycles. The van der Waals surface area contributed by atoms with E-state index >= 15 is 0 Å². The van der Waals surface area contributed by atoms with E-state index in [-0.39, 0.29) is 17.2 Å². The van der Waals surface area contributed by atoms with E-state index in [1.807, 2.05) is 0 Å². The van der Waals surface area contributed by atoms with E-state index in [1.165, 1.54) is 18.2 Å². The Morgan fingerprint density at radius 1 is 1.21 bits per heavy atom. The van der Waals surface area contributed by atoms with Crippen molar-refractivity contribution in [3.05, 3.63) is 58.5 Å². The van der Waals surface area contributed by atoms with Crippen LogP contribution in [-0.4, -0.2) is 47.8 Å². The summed E-state index contributed by atoms with van der Waals surface area (Å²) in [6.45, 7) is 0.309. The number of aliphatic hydroxyl groups excluding tert-OH is 1. The molecule has 1 saturated heterocycles. The molecule has 2 atom stereocenters. The lowest BCUT2D eigenvalue weighted by molar-refractivity contribution is -0.133. The molecule has 0 aliphatic carbocycles. The van der Waals surface area contributed by atoms with Gasteiger partial charge in [-0.05, 0) is 22.8 Å². The predicted octanol–water partition coefficient (Wildman–Crippen LogP) is 1.41. The van der Waals surface area contributed by atoms with Crippen LogP contribution in [0.15, 0.2) is 47.4 Å². The van der Waals surface area contributed by atoms with Gasteiger partial charge in [0.05, 0.1) is 12.1 Å². The van der Waals surface area contributed by atoms with E-state index in [1.54, 1.807) is 34.3 Å². The summed E-state index contributed by atoms with van der Waals surface area (Å²) in [7, 11) is 0. The Labute approximate surface area is 159 Å². The maximum atomic E-state index is 13.1. The summed E-state index contributed by atoms with van der Waals surface area (Å²) in [6.07, 6.45) is -3.05. The Balaban J connectivity index is 1.74. The first-order valence-electron chi connectivity index (χ1n) is 8.76. The van der Waals surface area contributed by atoms with Gasteiger partial charge in [-0.25, -0.2) is 4.39 Å². The van der Waals surface area contributed by atoms with Gasteiger partial charge in [-0.15, -0.1) is 0 Å². The maximum absolute atomic E-state index is 13.1. The molecular formula is C19H20F3N3O3. The highest BCUT2D eigenvalue weighted by atomic mass is 19.3. The summed E-state index contributed by atoms with van der Waals surface area (Å²) in [5, 5.41) is 15.1. The molecule has 3 N–H and O–H groups in total. The predicted molar refractivity (Wildman–Crippen MR) is 96.9 cm³/mol. The van der Waals surface area contributed by atoms with Crippen LogP contribution in [0, 0.1) is 0 Å². The van der Waals surface area contributed by atoms with Gasteiger partial charge in [-0.2, -0.15) is 8.78 Å². The molecule has 2 aromatic rings. The van der Waals surface area contributed by atoms with E-state index in [0.29, 0.717) is 11.1 Å². The number of aliphatic hydroxyl groups is 1. The molecule has 1 aromatic heterocycles. The summed E-state index contributed by atoms with van der Waals surface area (Å²) in [5.41, 5.74) is 1.53. The fraction of sp³-hybridized carbons (Fsp3) is 0.368. The molecule has 28 heavy (non-hydrogen) atoms. The van der Waals surface area contributed by atoms with E-state index in [0.717, 1.165) is 13.1 Å². The van der Waals surface area contributed by atoms with Crippen molar-refractivity contribution in [3.63, 3.8) is 0 Å². The fourth-order valence-electron chi connectivity index (χ4n) is 2.99. The zero-order valence-electron chi connectivity index (χ0n) is 14.8. The third-order valence-electron chi connectivity index (χ3n) is 4.76. The maximum Gasteiger partial charge on any atom is 0.315 e. The normalized spacial score (nSPS) is 16.5. The van der Waals surface area contributed by atoms with Crippen LogP contribution in [0.5, 0.6) is 0 Å². The van der Waals surface area contributed by atoms with Crippen LogP contribution >= 0.6 is 0 Å². The highest BCUT2D eigenvalue weighted by Gasteiger charge is 2.26. The van der Waals surface area contributed by atoms with E-state index in [4.69, 9.17) is 0 Å². The molecular weight excluding hydrogens is 375 g/mol. The van der Waals surface area contributed by atoms with Crippen LogP contribution in [0.1, 0.15) is 17.7 Å². The number of pyridine rings is 1. The number of carbonyl (C=O) groups is 1. The van der Waals surface area contributed by atoms with Crippen LogP contribution in [0.3, 0.4) is 0 Å². The first kappa shape index (κ1) is 20.1. The number of rotatable bonds is 7. The molecule has 150 valence electrons. The molecule has 2 heterocycles. The number of nitrogens with one attached hydrogen (secondary N) is 2. The Kier molecular flexibility index (Phi) is 6.15. The summed E-state index contributed by atoms with van der Waals surface area (Å²) in [4.78, 5) is 23.3. The minimum Gasteiger partial charge on any atom is -0.386 e. The zero-order chi connectivity index (χ0) is 20.3.